The monoisotopic (exact) mass is 1240 g/mol. The Balaban J connectivity index is 3.35. The lowest BCUT2D eigenvalue weighted by Crippen LogP contribution is -2.45. The number of allylic oxidation sites excluding steroid dienone is 4. The molecule has 1 amide bonds. The molecule has 2 atom stereocenters. The standard InChI is InChI=1S/C82H159NO5/c1-3-5-7-9-11-13-15-17-18-19-20-21-22-32-35-38-41-44-47-51-54-58-62-66-70-74-80(85)79(78-84)83-81(86)75-71-67-63-59-55-52-48-45-42-39-36-33-30-28-26-24-23-25-27-29-31-34-37-40-43-46-49-53-57-61-65-69-73-77-88-82(87)76-72-68-64-60-56-50-16-14-12-10-8-6-4-2/h14,16,27,29,79-80,84-85H,3-13,15,17-26,28,30-78H2,1-2H3,(H,83,86)/b16-14-,29-27-. The van der Waals surface area contributed by atoms with Gasteiger partial charge < -0.3 is 20.3 Å². The lowest BCUT2D eigenvalue weighted by atomic mass is 10.0. The Kier molecular flexibility index (Phi) is 76.3. The summed E-state index contributed by atoms with van der Waals surface area (Å²) in [4.78, 5) is 24.6. The lowest BCUT2D eigenvalue weighted by Gasteiger charge is -2.22. The van der Waals surface area contributed by atoms with E-state index in [0.29, 0.717) is 25.9 Å². The number of aliphatic hydroxyl groups excluding tert-OH is 2. The number of carbonyl (C=O) groups excluding carboxylic acids is 2. The number of ether oxygens (including phenoxy) is 1. The van der Waals surface area contributed by atoms with E-state index in [2.05, 4.69) is 43.5 Å². The van der Waals surface area contributed by atoms with E-state index in [9.17, 15) is 19.8 Å². The van der Waals surface area contributed by atoms with Gasteiger partial charge in [0.25, 0.3) is 0 Å². The van der Waals surface area contributed by atoms with Gasteiger partial charge in [0.1, 0.15) is 0 Å². The van der Waals surface area contributed by atoms with Crippen molar-refractivity contribution >= 4 is 11.9 Å². The lowest BCUT2D eigenvalue weighted by molar-refractivity contribution is -0.143. The summed E-state index contributed by atoms with van der Waals surface area (Å²) < 4.78 is 5.49. The summed E-state index contributed by atoms with van der Waals surface area (Å²) in [6.45, 7) is 4.99. The van der Waals surface area contributed by atoms with Gasteiger partial charge in [0.2, 0.25) is 5.91 Å². The van der Waals surface area contributed by atoms with Crippen molar-refractivity contribution in [2.24, 2.45) is 0 Å². The minimum absolute atomic E-state index is 0.0104. The SMILES string of the molecule is CCCCCC/C=C\CCCCCCCC(=O)OCCCCCCCCCCCCCC/C=C\CCCCCCCCCCCCCCCCCCCC(=O)NC(CO)C(O)CCCCCCCCCCCCCCCCCCCCCCCCCCC. The molecule has 0 heterocycles. The molecule has 0 aromatic rings. The first kappa shape index (κ1) is 86.3. The molecule has 88 heavy (non-hydrogen) atoms. The molecule has 0 saturated carbocycles. The van der Waals surface area contributed by atoms with Crippen molar-refractivity contribution in [1.29, 1.82) is 0 Å². The molecular formula is C82H159NO5. The molecule has 0 rings (SSSR count). The number of nitrogens with one attached hydrogen (secondary N) is 1. The first-order chi connectivity index (χ1) is 43.5. The Morgan fingerprint density at radius 1 is 0.307 bits per heavy atom. The van der Waals surface area contributed by atoms with E-state index in [1.54, 1.807) is 0 Å². The second kappa shape index (κ2) is 77.8. The Morgan fingerprint density at radius 3 is 0.818 bits per heavy atom. The van der Waals surface area contributed by atoms with E-state index < -0.39 is 12.1 Å². The highest BCUT2D eigenvalue weighted by Gasteiger charge is 2.20. The molecule has 0 aromatic heterocycles. The van der Waals surface area contributed by atoms with Crippen molar-refractivity contribution in [3.05, 3.63) is 24.3 Å². The molecule has 6 heteroatoms. The highest BCUT2D eigenvalue weighted by Crippen LogP contribution is 2.20. The minimum Gasteiger partial charge on any atom is -0.466 e. The summed E-state index contributed by atoms with van der Waals surface area (Å²) in [5, 5.41) is 23.5. The van der Waals surface area contributed by atoms with Gasteiger partial charge in [-0.05, 0) is 77.0 Å². The predicted molar refractivity (Wildman–Crippen MR) is 389 cm³/mol. The third kappa shape index (κ3) is 73.4. The summed E-state index contributed by atoms with van der Waals surface area (Å²) in [6, 6.07) is -0.541. The highest BCUT2D eigenvalue weighted by atomic mass is 16.5. The molecule has 0 bridgehead atoms. The van der Waals surface area contributed by atoms with Crippen molar-refractivity contribution in [3.8, 4) is 0 Å². The smallest absolute Gasteiger partial charge is 0.305 e. The summed E-state index contributed by atoms with van der Waals surface area (Å²) >= 11 is 0. The zero-order valence-corrected chi connectivity index (χ0v) is 60.0. The molecule has 0 radical (unpaired) electrons. The number of carbonyl (C=O) groups is 2. The van der Waals surface area contributed by atoms with Gasteiger partial charge in [-0.2, -0.15) is 0 Å². The molecule has 0 aliphatic heterocycles. The normalized spacial score (nSPS) is 12.5. The van der Waals surface area contributed by atoms with Gasteiger partial charge >= 0.3 is 5.97 Å². The van der Waals surface area contributed by atoms with Gasteiger partial charge in [0, 0.05) is 12.8 Å². The molecular weight excluding hydrogens is 1080 g/mol. The van der Waals surface area contributed by atoms with Gasteiger partial charge in [0.05, 0.1) is 25.4 Å². The number of amides is 1. The predicted octanol–water partition coefficient (Wildman–Crippen LogP) is 26.8. The van der Waals surface area contributed by atoms with Crippen LogP contribution in [0.15, 0.2) is 24.3 Å². The summed E-state index contributed by atoms with van der Waals surface area (Å²) in [6.07, 6.45) is 99.9. The topological polar surface area (TPSA) is 95.9 Å². The Labute approximate surface area is 551 Å². The van der Waals surface area contributed by atoms with Crippen LogP contribution in [0.4, 0.5) is 0 Å². The quantitative estimate of drug-likeness (QED) is 0.0320. The van der Waals surface area contributed by atoms with E-state index in [-0.39, 0.29) is 18.5 Å². The number of esters is 1. The fraction of sp³-hybridized carbons (Fsp3) is 0.927. The maximum atomic E-state index is 12.6. The average molecular weight is 1240 g/mol. The van der Waals surface area contributed by atoms with Crippen LogP contribution in [-0.4, -0.2) is 47.4 Å². The van der Waals surface area contributed by atoms with Crippen molar-refractivity contribution in [3.63, 3.8) is 0 Å². The second-order valence-corrected chi connectivity index (χ2v) is 28.1. The third-order valence-electron chi connectivity index (χ3n) is 19.2. The first-order valence-corrected chi connectivity index (χ1v) is 40.6. The van der Waals surface area contributed by atoms with Gasteiger partial charge in [0.15, 0.2) is 0 Å². The third-order valence-corrected chi connectivity index (χ3v) is 19.2. The molecule has 0 aliphatic carbocycles. The van der Waals surface area contributed by atoms with E-state index in [4.69, 9.17) is 4.74 Å². The van der Waals surface area contributed by atoms with Crippen LogP contribution in [0.3, 0.4) is 0 Å². The zero-order chi connectivity index (χ0) is 63.5. The summed E-state index contributed by atoms with van der Waals surface area (Å²) in [5.41, 5.74) is 0. The maximum absolute atomic E-state index is 12.6. The van der Waals surface area contributed by atoms with Crippen LogP contribution < -0.4 is 5.32 Å². The van der Waals surface area contributed by atoms with Crippen LogP contribution >= 0.6 is 0 Å². The van der Waals surface area contributed by atoms with E-state index in [1.807, 2.05) is 0 Å². The molecule has 0 saturated heterocycles. The van der Waals surface area contributed by atoms with Crippen LogP contribution in [0.2, 0.25) is 0 Å². The van der Waals surface area contributed by atoms with E-state index >= 15 is 0 Å². The Bertz CT molecular complexity index is 1380. The van der Waals surface area contributed by atoms with Crippen LogP contribution in [0.25, 0.3) is 0 Å². The maximum Gasteiger partial charge on any atom is 0.305 e. The van der Waals surface area contributed by atoms with Crippen molar-refractivity contribution in [1.82, 2.24) is 5.32 Å². The van der Waals surface area contributed by atoms with E-state index in [1.165, 1.54) is 385 Å². The molecule has 0 spiro atoms. The molecule has 0 fully saturated rings. The number of hydrogen-bond donors (Lipinski definition) is 3. The van der Waals surface area contributed by atoms with Crippen LogP contribution in [0.1, 0.15) is 463 Å². The highest BCUT2D eigenvalue weighted by molar-refractivity contribution is 5.76. The van der Waals surface area contributed by atoms with E-state index in [0.717, 1.165) is 44.9 Å². The average Bonchev–Trinajstić information content (AvgIpc) is 3.54. The number of rotatable bonds is 77. The molecule has 2 unspecified atom stereocenters. The first-order valence-electron chi connectivity index (χ1n) is 40.6. The minimum atomic E-state index is -0.664. The largest absolute Gasteiger partial charge is 0.466 e. The number of aliphatic hydroxyl groups is 2. The Morgan fingerprint density at radius 2 is 0.534 bits per heavy atom. The van der Waals surface area contributed by atoms with Crippen LogP contribution in [0, 0.1) is 0 Å². The summed E-state index contributed by atoms with van der Waals surface area (Å²) in [7, 11) is 0. The van der Waals surface area contributed by atoms with Crippen LogP contribution in [0.5, 0.6) is 0 Å². The molecule has 0 aliphatic rings. The van der Waals surface area contributed by atoms with Gasteiger partial charge in [-0.15, -0.1) is 0 Å². The zero-order valence-electron chi connectivity index (χ0n) is 60.0. The summed E-state index contributed by atoms with van der Waals surface area (Å²) in [5.74, 6) is -0.0154. The van der Waals surface area contributed by atoms with Crippen LogP contribution in [-0.2, 0) is 14.3 Å². The van der Waals surface area contributed by atoms with Gasteiger partial charge in [-0.25, -0.2) is 0 Å². The van der Waals surface area contributed by atoms with Gasteiger partial charge in [-0.1, -0.05) is 398 Å². The molecule has 522 valence electrons. The molecule has 0 aromatic carbocycles. The number of hydrogen-bond acceptors (Lipinski definition) is 5. The fourth-order valence-corrected chi connectivity index (χ4v) is 13.0. The van der Waals surface area contributed by atoms with Crippen molar-refractivity contribution in [2.75, 3.05) is 13.2 Å². The van der Waals surface area contributed by atoms with Crippen molar-refractivity contribution < 1.29 is 24.5 Å². The van der Waals surface area contributed by atoms with Gasteiger partial charge in [-0.3, -0.25) is 9.59 Å². The molecule has 6 nitrogen and oxygen atoms in total. The fourth-order valence-electron chi connectivity index (χ4n) is 13.0. The Hall–Kier alpha value is -1.66. The number of unbranched alkanes of at least 4 members (excludes halogenated alkanes) is 62. The molecule has 3 N–H and O–H groups in total. The second-order valence-electron chi connectivity index (χ2n) is 28.1. The van der Waals surface area contributed by atoms with Crippen molar-refractivity contribution in [2.45, 2.75) is 475 Å².